The fourth-order valence-corrected chi connectivity index (χ4v) is 1.47. The van der Waals surface area contributed by atoms with Crippen molar-refractivity contribution in [3.05, 3.63) is 50.6 Å². The summed E-state index contributed by atoms with van der Waals surface area (Å²) in [5, 5.41) is 0. The average Bonchev–Trinajstić information content (AvgIpc) is 2.26. The van der Waals surface area contributed by atoms with Gasteiger partial charge in [-0.3, -0.25) is 4.79 Å². The van der Waals surface area contributed by atoms with E-state index < -0.39 is 0 Å². The first-order chi connectivity index (χ1) is 7.58. The van der Waals surface area contributed by atoms with E-state index in [4.69, 9.17) is 0 Å². The Morgan fingerprint density at radius 3 is 2.81 bits per heavy atom. The van der Waals surface area contributed by atoms with Gasteiger partial charge in [-0.1, -0.05) is 12.1 Å². The molecule has 82 valence electrons. The quantitative estimate of drug-likeness (QED) is 0.874. The minimum absolute atomic E-state index is 0.286. The number of benzene rings is 1. The molecule has 0 spiro atoms. The standard InChI is InChI=1S/C11H8BrFN2O/c1-6-2-3-7(4-9(6)13)10-14-5-8(12)11(16)15-10/h2-5H,1H3,(H,14,15,16). The highest BCUT2D eigenvalue weighted by molar-refractivity contribution is 9.10. The molecule has 1 heterocycles. The second kappa shape index (κ2) is 4.17. The number of nitrogens with zero attached hydrogens (tertiary/aromatic N) is 1. The molecule has 0 unspecified atom stereocenters. The molecule has 5 heteroatoms. The number of aryl methyl sites for hydroxylation is 1. The van der Waals surface area contributed by atoms with Gasteiger partial charge in [0.15, 0.2) is 0 Å². The molecule has 0 atom stereocenters. The van der Waals surface area contributed by atoms with Crippen LogP contribution in [0.15, 0.2) is 33.7 Å². The average molecular weight is 283 g/mol. The van der Waals surface area contributed by atoms with Gasteiger partial charge in [0.25, 0.3) is 5.56 Å². The van der Waals surface area contributed by atoms with Crippen LogP contribution in [0.5, 0.6) is 0 Å². The summed E-state index contributed by atoms with van der Waals surface area (Å²) in [6.07, 6.45) is 1.39. The third-order valence-electron chi connectivity index (χ3n) is 2.20. The molecule has 0 amide bonds. The minimum Gasteiger partial charge on any atom is -0.306 e. The van der Waals surface area contributed by atoms with Gasteiger partial charge in [0.1, 0.15) is 16.1 Å². The lowest BCUT2D eigenvalue weighted by Gasteiger charge is -2.02. The number of aromatic nitrogens is 2. The lowest BCUT2D eigenvalue weighted by atomic mass is 10.1. The molecule has 0 aliphatic carbocycles. The summed E-state index contributed by atoms with van der Waals surface area (Å²) in [5.41, 5.74) is 0.821. The van der Waals surface area contributed by atoms with E-state index in [1.54, 1.807) is 19.1 Å². The van der Waals surface area contributed by atoms with E-state index in [1.807, 2.05) is 0 Å². The van der Waals surface area contributed by atoms with E-state index in [0.29, 0.717) is 21.4 Å². The zero-order chi connectivity index (χ0) is 11.7. The highest BCUT2D eigenvalue weighted by Gasteiger charge is 2.05. The summed E-state index contributed by atoms with van der Waals surface area (Å²) in [7, 11) is 0. The Bertz CT molecular complexity index is 595. The third kappa shape index (κ3) is 2.04. The molecule has 0 aliphatic heterocycles. The first-order valence-electron chi connectivity index (χ1n) is 4.59. The lowest BCUT2D eigenvalue weighted by Crippen LogP contribution is -2.09. The second-order valence-electron chi connectivity index (χ2n) is 3.37. The van der Waals surface area contributed by atoms with Crippen LogP contribution in [-0.4, -0.2) is 9.97 Å². The summed E-state index contributed by atoms with van der Waals surface area (Å²) in [5.74, 6) is 0.0372. The molecular weight excluding hydrogens is 275 g/mol. The maximum Gasteiger partial charge on any atom is 0.265 e. The van der Waals surface area contributed by atoms with Gasteiger partial charge in [-0.25, -0.2) is 9.37 Å². The van der Waals surface area contributed by atoms with Gasteiger partial charge in [-0.05, 0) is 34.5 Å². The Kier molecular flexibility index (Phi) is 2.87. The van der Waals surface area contributed by atoms with Crippen LogP contribution >= 0.6 is 15.9 Å². The lowest BCUT2D eigenvalue weighted by molar-refractivity contribution is 0.619. The second-order valence-corrected chi connectivity index (χ2v) is 4.23. The van der Waals surface area contributed by atoms with Gasteiger partial charge < -0.3 is 4.98 Å². The summed E-state index contributed by atoms with van der Waals surface area (Å²) in [4.78, 5) is 17.9. The normalized spacial score (nSPS) is 10.4. The van der Waals surface area contributed by atoms with Crippen molar-refractivity contribution in [2.45, 2.75) is 6.92 Å². The Morgan fingerprint density at radius 1 is 1.44 bits per heavy atom. The number of aromatic amines is 1. The number of hydrogen-bond donors (Lipinski definition) is 1. The Morgan fingerprint density at radius 2 is 2.19 bits per heavy atom. The predicted molar refractivity (Wildman–Crippen MR) is 62.7 cm³/mol. The van der Waals surface area contributed by atoms with Crippen LogP contribution in [0.4, 0.5) is 4.39 Å². The van der Waals surface area contributed by atoms with Crippen LogP contribution in [-0.2, 0) is 0 Å². The largest absolute Gasteiger partial charge is 0.306 e. The van der Waals surface area contributed by atoms with Gasteiger partial charge in [-0.15, -0.1) is 0 Å². The van der Waals surface area contributed by atoms with Crippen LogP contribution in [0.3, 0.4) is 0 Å². The van der Waals surface area contributed by atoms with Gasteiger partial charge in [-0.2, -0.15) is 0 Å². The number of nitrogens with one attached hydrogen (secondary N) is 1. The third-order valence-corrected chi connectivity index (χ3v) is 2.77. The van der Waals surface area contributed by atoms with E-state index in [9.17, 15) is 9.18 Å². The summed E-state index contributed by atoms with van der Waals surface area (Å²) in [6, 6.07) is 4.71. The Balaban J connectivity index is 2.55. The number of halogens is 2. The molecule has 2 aromatic rings. The molecule has 0 radical (unpaired) electrons. The van der Waals surface area contributed by atoms with Gasteiger partial charge in [0.05, 0.1) is 0 Å². The first kappa shape index (κ1) is 11.0. The summed E-state index contributed by atoms with van der Waals surface area (Å²) >= 11 is 3.05. The molecule has 1 N–H and O–H groups in total. The monoisotopic (exact) mass is 282 g/mol. The van der Waals surface area contributed by atoms with Crippen molar-refractivity contribution in [2.24, 2.45) is 0 Å². The van der Waals surface area contributed by atoms with E-state index in [-0.39, 0.29) is 11.4 Å². The highest BCUT2D eigenvalue weighted by Crippen LogP contribution is 2.17. The summed E-state index contributed by atoms with van der Waals surface area (Å²) in [6.45, 7) is 1.68. The topological polar surface area (TPSA) is 45.8 Å². The van der Waals surface area contributed by atoms with Crippen molar-refractivity contribution in [1.82, 2.24) is 9.97 Å². The van der Waals surface area contributed by atoms with Crippen molar-refractivity contribution < 1.29 is 4.39 Å². The zero-order valence-electron chi connectivity index (χ0n) is 8.42. The fraction of sp³-hybridized carbons (Fsp3) is 0.0909. The molecule has 0 fully saturated rings. The molecule has 1 aromatic heterocycles. The molecule has 3 nitrogen and oxygen atoms in total. The van der Waals surface area contributed by atoms with Gasteiger partial charge in [0, 0.05) is 11.8 Å². The molecule has 2 rings (SSSR count). The minimum atomic E-state index is -0.317. The predicted octanol–water partition coefficient (Wildman–Crippen LogP) is 2.65. The van der Waals surface area contributed by atoms with Crippen LogP contribution in [0.2, 0.25) is 0 Å². The molecular formula is C11H8BrFN2O. The maximum atomic E-state index is 13.3. The van der Waals surface area contributed by atoms with Crippen molar-refractivity contribution in [1.29, 1.82) is 0 Å². The van der Waals surface area contributed by atoms with Crippen LogP contribution in [0.1, 0.15) is 5.56 Å². The molecule has 1 aromatic carbocycles. The highest BCUT2D eigenvalue weighted by atomic mass is 79.9. The Hall–Kier alpha value is -1.49. The van der Waals surface area contributed by atoms with Crippen LogP contribution in [0, 0.1) is 12.7 Å². The number of rotatable bonds is 1. The molecule has 0 bridgehead atoms. The van der Waals surface area contributed by atoms with Crippen LogP contribution in [0.25, 0.3) is 11.4 Å². The van der Waals surface area contributed by atoms with Crippen molar-refractivity contribution in [3.63, 3.8) is 0 Å². The fourth-order valence-electron chi connectivity index (χ4n) is 1.27. The molecule has 0 saturated heterocycles. The number of H-pyrrole nitrogens is 1. The van der Waals surface area contributed by atoms with E-state index >= 15 is 0 Å². The van der Waals surface area contributed by atoms with E-state index in [0.717, 1.165) is 0 Å². The summed E-state index contributed by atoms with van der Waals surface area (Å²) < 4.78 is 13.7. The van der Waals surface area contributed by atoms with E-state index in [2.05, 4.69) is 25.9 Å². The van der Waals surface area contributed by atoms with Gasteiger partial charge >= 0.3 is 0 Å². The van der Waals surface area contributed by atoms with Crippen molar-refractivity contribution >= 4 is 15.9 Å². The smallest absolute Gasteiger partial charge is 0.265 e. The Labute approximate surface area is 99.5 Å². The number of hydrogen-bond acceptors (Lipinski definition) is 2. The first-order valence-corrected chi connectivity index (χ1v) is 5.38. The van der Waals surface area contributed by atoms with Crippen molar-refractivity contribution in [2.75, 3.05) is 0 Å². The zero-order valence-corrected chi connectivity index (χ0v) is 10.0. The van der Waals surface area contributed by atoms with Gasteiger partial charge in [0.2, 0.25) is 0 Å². The molecule has 0 saturated carbocycles. The molecule has 16 heavy (non-hydrogen) atoms. The molecule has 0 aliphatic rings. The maximum absolute atomic E-state index is 13.3. The van der Waals surface area contributed by atoms with Crippen molar-refractivity contribution in [3.8, 4) is 11.4 Å². The van der Waals surface area contributed by atoms with Crippen LogP contribution < -0.4 is 5.56 Å². The van der Waals surface area contributed by atoms with E-state index in [1.165, 1.54) is 12.3 Å². The SMILES string of the molecule is Cc1ccc(-c2ncc(Br)c(=O)[nH]2)cc1F.